The first-order chi connectivity index (χ1) is 12.2. The summed E-state index contributed by atoms with van der Waals surface area (Å²) in [6.07, 6.45) is 2.11. The standard InChI is InChI=1S/C20H15FO4/c1-23-18-4-2-3-13-10-15(25-20(13)18)9-12-7-8-24-17-6-5-14(21)11-16(17)19(12)22/h2-6,9-11H,7-8H2,1H3/b12-9+. The molecule has 0 unspecified atom stereocenters. The molecular formula is C20H15FO4. The van der Waals surface area contributed by atoms with Crippen LogP contribution in [-0.2, 0) is 0 Å². The van der Waals surface area contributed by atoms with Crippen molar-refractivity contribution in [1.82, 2.24) is 0 Å². The molecule has 0 aliphatic carbocycles. The van der Waals surface area contributed by atoms with Gasteiger partial charge in [-0.25, -0.2) is 4.39 Å². The van der Waals surface area contributed by atoms with Crippen LogP contribution in [0.3, 0.4) is 0 Å². The molecule has 0 atom stereocenters. The van der Waals surface area contributed by atoms with Gasteiger partial charge in [0.15, 0.2) is 17.1 Å². The summed E-state index contributed by atoms with van der Waals surface area (Å²) >= 11 is 0. The lowest BCUT2D eigenvalue weighted by Gasteiger charge is -2.04. The molecule has 0 N–H and O–H groups in total. The van der Waals surface area contributed by atoms with E-state index in [1.165, 1.54) is 18.2 Å². The van der Waals surface area contributed by atoms with Crippen molar-refractivity contribution in [2.75, 3.05) is 13.7 Å². The maximum Gasteiger partial charge on any atom is 0.193 e. The second kappa shape index (κ2) is 6.09. The van der Waals surface area contributed by atoms with Gasteiger partial charge in [-0.3, -0.25) is 4.79 Å². The zero-order chi connectivity index (χ0) is 17.4. The van der Waals surface area contributed by atoms with Crippen molar-refractivity contribution >= 4 is 22.8 Å². The van der Waals surface area contributed by atoms with Crippen LogP contribution >= 0.6 is 0 Å². The third-order valence-corrected chi connectivity index (χ3v) is 4.17. The maximum absolute atomic E-state index is 13.5. The van der Waals surface area contributed by atoms with E-state index in [9.17, 15) is 9.18 Å². The zero-order valence-corrected chi connectivity index (χ0v) is 13.5. The number of hydrogen-bond donors (Lipinski definition) is 0. The van der Waals surface area contributed by atoms with Gasteiger partial charge in [0.25, 0.3) is 0 Å². The highest BCUT2D eigenvalue weighted by Gasteiger charge is 2.22. The minimum Gasteiger partial charge on any atom is -0.493 e. The number of fused-ring (bicyclic) bond motifs is 2. The average Bonchev–Trinajstić information content (AvgIpc) is 2.97. The van der Waals surface area contributed by atoms with Crippen molar-refractivity contribution < 1.29 is 23.1 Å². The number of rotatable bonds is 2. The van der Waals surface area contributed by atoms with Gasteiger partial charge in [-0.15, -0.1) is 0 Å². The van der Waals surface area contributed by atoms with Crippen molar-refractivity contribution in [3.05, 3.63) is 65.2 Å². The molecule has 2 aromatic carbocycles. The Balaban J connectivity index is 1.77. The van der Waals surface area contributed by atoms with Gasteiger partial charge >= 0.3 is 0 Å². The van der Waals surface area contributed by atoms with Gasteiger partial charge in [-0.1, -0.05) is 12.1 Å². The molecule has 1 aliphatic heterocycles. The molecule has 4 rings (SSSR count). The second-order valence-corrected chi connectivity index (χ2v) is 5.77. The predicted molar refractivity (Wildman–Crippen MR) is 91.6 cm³/mol. The predicted octanol–water partition coefficient (Wildman–Crippen LogP) is 4.63. The molecule has 2 heterocycles. The number of furan rings is 1. The van der Waals surface area contributed by atoms with Crippen LogP contribution in [0.25, 0.3) is 17.0 Å². The third-order valence-electron chi connectivity index (χ3n) is 4.17. The van der Waals surface area contributed by atoms with Crippen LogP contribution in [0.15, 0.2) is 52.5 Å². The largest absolute Gasteiger partial charge is 0.493 e. The number of ketones is 1. The number of Topliss-reactive ketones (excluding diaryl/α,β-unsaturated/α-hetero) is 1. The molecule has 0 amide bonds. The van der Waals surface area contributed by atoms with Gasteiger partial charge < -0.3 is 13.9 Å². The number of hydrogen-bond acceptors (Lipinski definition) is 4. The highest BCUT2D eigenvalue weighted by molar-refractivity contribution is 6.13. The van der Waals surface area contributed by atoms with Crippen LogP contribution in [-0.4, -0.2) is 19.5 Å². The highest BCUT2D eigenvalue weighted by Crippen LogP contribution is 2.32. The van der Waals surface area contributed by atoms with Gasteiger partial charge in [0, 0.05) is 17.4 Å². The van der Waals surface area contributed by atoms with E-state index >= 15 is 0 Å². The summed E-state index contributed by atoms with van der Waals surface area (Å²) < 4.78 is 30.2. The van der Waals surface area contributed by atoms with Crippen molar-refractivity contribution in [2.45, 2.75) is 6.42 Å². The number of carbonyl (C=O) groups is 1. The normalized spacial score (nSPS) is 15.8. The Bertz CT molecular complexity index is 1000. The third kappa shape index (κ3) is 2.78. The molecule has 4 nitrogen and oxygen atoms in total. The SMILES string of the molecule is COc1cccc2cc(/C=C3\CCOc4ccc(F)cc4C3=O)oc12. The lowest BCUT2D eigenvalue weighted by Crippen LogP contribution is -2.02. The summed E-state index contributed by atoms with van der Waals surface area (Å²) in [5, 5.41) is 0.884. The van der Waals surface area contributed by atoms with E-state index in [0.29, 0.717) is 41.4 Å². The maximum atomic E-state index is 13.5. The Morgan fingerprint density at radius 1 is 1.20 bits per heavy atom. The fourth-order valence-corrected chi connectivity index (χ4v) is 2.96. The first-order valence-electron chi connectivity index (χ1n) is 7.90. The molecule has 0 fully saturated rings. The van der Waals surface area contributed by atoms with Crippen LogP contribution in [0.5, 0.6) is 11.5 Å². The molecule has 0 saturated heterocycles. The fraction of sp³-hybridized carbons (Fsp3) is 0.150. The minimum absolute atomic E-state index is 0.234. The second-order valence-electron chi connectivity index (χ2n) is 5.77. The van der Waals surface area contributed by atoms with Gasteiger partial charge in [-0.2, -0.15) is 0 Å². The van der Waals surface area contributed by atoms with Gasteiger partial charge in [0.05, 0.1) is 19.3 Å². The van der Waals surface area contributed by atoms with Gasteiger partial charge in [0.1, 0.15) is 17.3 Å². The van der Waals surface area contributed by atoms with Crippen molar-refractivity contribution in [3.8, 4) is 11.5 Å². The molecule has 1 aliphatic rings. The summed E-state index contributed by atoms with van der Waals surface area (Å²) in [5.74, 6) is 0.860. The van der Waals surface area contributed by atoms with Crippen molar-refractivity contribution in [1.29, 1.82) is 0 Å². The van der Waals surface area contributed by atoms with Gasteiger partial charge in [0.2, 0.25) is 0 Å². The lowest BCUT2D eigenvalue weighted by atomic mass is 10.0. The quantitative estimate of drug-likeness (QED) is 0.639. The molecule has 0 bridgehead atoms. The minimum atomic E-state index is -0.467. The molecule has 126 valence electrons. The molecule has 1 aromatic heterocycles. The van der Waals surface area contributed by atoms with E-state index in [1.54, 1.807) is 13.2 Å². The summed E-state index contributed by atoms with van der Waals surface area (Å²) in [5.41, 5.74) is 1.38. The summed E-state index contributed by atoms with van der Waals surface area (Å²) in [6.45, 7) is 0.347. The number of halogens is 1. The first-order valence-corrected chi connectivity index (χ1v) is 7.90. The van der Waals surface area contributed by atoms with Crippen molar-refractivity contribution in [3.63, 3.8) is 0 Å². The van der Waals surface area contributed by atoms with Gasteiger partial charge in [-0.05, 0) is 36.4 Å². The van der Waals surface area contributed by atoms with E-state index in [2.05, 4.69) is 0 Å². The number of para-hydroxylation sites is 1. The number of benzene rings is 2. The number of carbonyl (C=O) groups excluding carboxylic acids is 1. The Morgan fingerprint density at radius 3 is 2.92 bits per heavy atom. The van der Waals surface area contributed by atoms with Crippen LogP contribution in [0, 0.1) is 5.82 Å². The Morgan fingerprint density at radius 2 is 2.08 bits per heavy atom. The molecule has 0 spiro atoms. The van der Waals surface area contributed by atoms with E-state index in [1.807, 2.05) is 24.3 Å². The van der Waals surface area contributed by atoms with E-state index in [-0.39, 0.29) is 11.3 Å². The molecule has 5 heteroatoms. The molecular weight excluding hydrogens is 323 g/mol. The fourth-order valence-electron chi connectivity index (χ4n) is 2.96. The summed E-state index contributed by atoms with van der Waals surface area (Å²) in [4.78, 5) is 12.8. The smallest absolute Gasteiger partial charge is 0.193 e. The van der Waals surface area contributed by atoms with Crippen LogP contribution in [0.2, 0.25) is 0 Å². The average molecular weight is 338 g/mol. The zero-order valence-electron chi connectivity index (χ0n) is 13.5. The molecule has 0 radical (unpaired) electrons. The molecule has 25 heavy (non-hydrogen) atoms. The first kappa shape index (κ1) is 15.4. The lowest BCUT2D eigenvalue weighted by molar-refractivity contribution is 0.103. The van der Waals surface area contributed by atoms with E-state index in [0.717, 1.165) is 5.39 Å². The topological polar surface area (TPSA) is 48.7 Å². The Hall–Kier alpha value is -3.08. The number of methoxy groups -OCH3 is 1. The van der Waals surface area contributed by atoms with Crippen molar-refractivity contribution in [2.24, 2.45) is 0 Å². The summed E-state index contributed by atoms with van der Waals surface area (Å²) in [7, 11) is 1.58. The summed E-state index contributed by atoms with van der Waals surface area (Å²) in [6, 6.07) is 11.4. The highest BCUT2D eigenvalue weighted by atomic mass is 19.1. The Labute approximate surface area is 143 Å². The van der Waals surface area contributed by atoms with Crippen LogP contribution in [0.4, 0.5) is 4.39 Å². The molecule has 0 saturated carbocycles. The van der Waals surface area contributed by atoms with Crippen LogP contribution in [0.1, 0.15) is 22.5 Å². The van der Waals surface area contributed by atoms with E-state index in [4.69, 9.17) is 13.9 Å². The Kier molecular flexibility index (Phi) is 3.76. The van der Waals surface area contributed by atoms with Crippen LogP contribution < -0.4 is 9.47 Å². The van der Waals surface area contributed by atoms with E-state index < -0.39 is 5.82 Å². The monoisotopic (exact) mass is 338 g/mol. The number of ether oxygens (including phenoxy) is 2. The molecule has 3 aromatic rings.